The first kappa shape index (κ1) is 10.3. The first-order valence-corrected chi connectivity index (χ1v) is 6.01. The number of aromatic nitrogens is 2. The number of nitrogens with zero attached hydrogens (tertiary/aromatic N) is 2. The summed E-state index contributed by atoms with van der Waals surface area (Å²) >= 11 is 2.80. The number of carbonyl (C=O) groups is 1. The minimum Gasteiger partial charge on any atom is -0.297 e. The van der Waals surface area contributed by atoms with Crippen LogP contribution in [0.2, 0.25) is 0 Å². The van der Waals surface area contributed by atoms with Crippen LogP contribution < -0.4 is 5.32 Å². The van der Waals surface area contributed by atoms with Crippen LogP contribution in [0, 0.1) is 13.8 Å². The second-order valence-electron chi connectivity index (χ2n) is 2.94. The van der Waals surface area contributed by atoms with Gasteiger partial charge in [0.1, 0.15) is 4.88 Å². The lowest BCUT2D eigenvalue weighted by molar-refractivity contribution is 0.103. The summed E-state index contributed by atoms with van der Waals surface area (Å²) in [6.07, 6.45) is 1.66. The van der Waals surface area contributed by atoms with Gasteiger partial charge in [-0.25, -0.2) is 9.97 Å². The molecule has 0 aliphatic carbocycles. The van der Waals surface area contributed by atoms with E-state index in [1.807, 2.05) is 19.2 Å². The van der Waals surface area contributed by atoms with Gasteiger partial charge in [-0.3, -0.25) is 10.1 Å². The van der Waals surface area contributed by atoms with Gasteiger partial charge in [-0.15, -0.1) is 22.7 Å². The van der Waals surface area contributed by atoms with E-state index in [1.54, 1.807) is 6.20 Å². The maximum absolute atomic E-state index is 11.8. The van der Waals surface area contributed by atoms with Crippen molar-refractivity contribution >= 4 is 33.7 Å². The number of anilines is 1. The molecule has 0 aliphatic rings. The molecular weight excluding hydrogens is 230 g/mol. The van der Waals surface area contributed by atoms with Gasteiger partial charge in [0.15, 0.2) is 5.13 Å². The number of amides is 1. The van der Waals surface area contributed by atoms with Crippen molar-refractivity contribution in [2.24, 2.45) is 0 Å². The number of nitrogens with one attached hydrogen (secondary N) is 1. The van der Waals surface area contributed by atoms with Crippen molar-refractivity contribution in [2.45, 2.75) is 13.8 Å². The van der Waals surface area contributed by atoms with Crippen LogP contribution in [0.5, 0.6) is 0 Å². The van der Waals surface area contributed by atoms with Gasteiger partial charge in [0.2, 0.25) is 0 Å². The van der Waals surface area contributed by atoms with Crippen molar-refractivity contribution in [3.63, 3.8) is 0 Å². The van der Waals surface area contributed by atoms with E-state index in [0.29, 0.717) is 10.0 Å². The summed E-state index contributed by atoms with van der Waals surface area (Å²) < 4.78 is 0. The van der Waals surface area contributed by atoms with E-state index >= 15 is 0 Å². The maximum Gasteiger partial charge on any atom is 0.269 e. The highest BCUT2D eigenvalue weighted by atomic mass is 32.1. The van der Waals surface area contributed by atoms with E-state index in [0.717, 1.165) is 10.7 Å². The van der Waals surface area contributed by atoms with Crippen LogP contribution in [0.4, 0.5) is 5.13 Å². The topological polar surface area (TPSA) is 54.9 Å². The Balaban J connectivity index is 2.18. The van der Waals surface area contributed by atoms with E-state index < -0.39 is 0 Å². The number of hydrogen-bond acceptors (Lipinski definition) is 5. The number of carbonyl (C=O) groups excluding carboxylic acids is 1. The Bertz CT molecular complexity index is 476. The lowest BCUT2D eigenvalue weighted by atomic mass is 10.4. The lowest BCUT2D eigenvalue weighted by Gasteiger charge is -1.98. The predicted molar refractivity (Wildman–Crippen MR) is 61.7 cm³/mol. The van der Waals surface area contributed by atoms with E-state index in [1.165, 1.54) is 22.7 Å². The molecule has 0 atom stereocenters. The molecule has 6 heteroatoms. The fourth-order valence-electron chi connectivity index (χ4n) is 1.18. The van der Waals surface area contributed by atoms with Crippen LogP contribution in [0.1, 0.15) is 20.4 Å². The molecule has 0 aromatic carbocycles. The van der Waals surface area contributed by atoms with Crippen molar-refractivity contribution < 1.29 is 4.79 Å². The Hall–Kier alpha value is -1.27. The van der Waals surface area contributed by atoms with Crippen LogP contribution >= 0.6 is 22.7 Å². The van der Waals surface area contributed by atoms with Gasteiger partial charge >= 0.3 is 0 Å². The Labute approximate surface area is 95.0 Å². The van der Waals surface area contributed by atoms with Crippen LogP contribution in [-0.4, -0.2) is 15.9 Å². The molecule has 78 valence electrons. The molecule has 2 heterocycles. The van der Waals surface area contributed by atoms with E-state index in [-0.39, 0.29) is 5.91 Å². The van der Waals surface area contributed by atoms with Crippen molar-refractivity contribution in [2.75, 3.05) is 5.32 Å². The number of rotatable bonds is 2. The molecule has 0 bridgehead atoms. The molecule has 15 heavy (non-hydrogen) atoms. The second kappa shape index (κ2) is 4.08. The summed E-state index contributed by atoms with van der Waals surface area (Å²) in [5, 5.41) is 6.07. The zero-order valence-corrected chi connectivity index (χ0v) is 9.91. The van der Waals surface area contributed by atoms with Crippen LogP contribution in [0.15, 0.2) is 11.6 Å². The Morgan fingerprint density at radius 1 is 1.47 bits per heavy atom. The molecule has 4 nitrogen and oxygen atoms in total. The largest absolute Gasteiger partial charge is 0.297 e. The van der Waals surface area contributed by atoms with Crippen molar-refractivity contribution in [3.8, 4) is 0 Å². The van der Waals surface area contributed by atoms with Gasteiger partial charge in [-0.05, 0) is 13.8 Å². The minimum absolute atomic E-state index is 0.131. The Morgan fingerprint density at radius 2 is 2.27 bits per heavy atom. The molecular formula is C9H9N3OS2. The van der Waals surface area contributed by atoms with Crippen LogP contribution in [0.25, 0.3) is 0 Å². The minimum atomic E-state index is -0.131. The van der Waals surface area contributed by atoms with E-state index in [4.69, 9.17) is 0 Å². The summed E-state index contributed by atoms with van der Waals surface area (Å²) in [6.45, 7) is 3.72. The highest BCUT2D eigenvalue weighted by molar-refractivity contribution is 7.15. The summed E-state index contributed by atoms with van der Waals surface area (Å²) in [7, 11) is 0. The summed E-state index contributed by atoms with van der Waals surface area (Å²) in [6, 6.07) is 0. The lowest BCUT2D eigenvalue weighted by Crippen LogP contribution is -2.11. The highest BCUT2D eigenvalue weighted by Gasteiger charge is 2.14. The highest BCUT2D eigenvalue weighted by Crippen LogP contribution is 2.19. The molecule has 1 amide bonds. The summed E-state index contributed by atoms with van der Waals surface area (Å²) in [5.74, 6) is -0.131. The zero-order chi connectivity index (χ0) is 10.8. The van der Waals surface area contributed by atoms with Gasteiger partial charge in [0, 0.05) is 11.6 Å². The molecule has 2 aromatic rings. The molecule has 2 aromatic heterocycles. The molecule has 0 aliphatic heterocycles. The zero-order valence-electron chi connectivity index (χ0n) is 8.27. The fraction of sp³-hybridized carbons (Fsp3) is 0.222. The smallest absolute Gasteiger partial charge is 0.269 e. The number of hydrogen-bond donors (Lipinski definition) is 1. The SMILES string of the molecule is Cc1nc(C)c(C(=O)Nc2nccs2)s1. The van der Waals surface area contributed by atoms with Crippen molar-refractivity contribution in [3.05, 3.63) is 27.2 Å². The molecule has 0 radical (unpaired) electrons. The first-order valence-electron chi connectivity index (χ1n) is 4.31. The third-order valence-electron chi connectivity index (χ3n) is 1.76. The molecule has 0 unspecified atom stereocenters. The third-order valence-corrected chi connectivity index (χ3v) is 3.52. The molecule has 0 saturated carbocycles. The van der Waals surface area contributed by atoms with Gasteiger partial charge in [-0.2, -0.15) is 0 Å². The van der Waals surface area contributed by atoms with Crippen LogP contribution in [-0.2, 0) is 0 Å². The predicted octanol–water partition coefficient (Wildman–Crippen LogP) is 2.47. The normalized spacial score (nSPS) is 10.3. The molecule has 0 fully saturated rings. The first-order chi connectivity index (χ1) is 7.16. The molecule has 2 rings (SSSR count). The van der Waals surface area contributed by atoms with E-state index in [2.05, 4.69) is 15.3 Å². The average molecular weight is 239 g/mol. The quantitative estimate of drug-likeness (QED) is 0.875. The molecule has 1 N–H and O–H groups in total. The second-order valence-corrected chi connectivity index (χ2v) is 5.04. The monoisotopic (exact) mass is 239 g/mol. The Kier molecular flexibility index (Phi) is 2.79. The summed E-state index contributed by atoms with van der Waals surface area (Å²) in [4.78, 5) is 20.6. The van der Waals surface area contributed by atoms with Gasteiger partial charge < -0.3 is 0 Å². The maximum atomic E-state index is 11.8. The van der Waals surface area contributed by atoms with Crippen molar-refractivity contribution in [1.29, 1.82) is 0 Å². The molecule has 0 spiro atoms. The number of aryl methyl sites for hydroxylation is 2. The van der Waals surface area contributed by atoms with Gasteiger partial charge in [0.25, 0.3) is 5.91 Å². The van der Waals surface area contributed by atoms with Crippen molar-refractivity contribution in [1.82, 2.24) is 9.97 Å². The van der Waals surface area contributed by atoms with Gasteiger partial charge in [-0.1, -0.05) is 0 Å². The average Bonchev–Trinajstić information content (AvgIpc) is 2.75. The van der Waals surface area contributed by atoms with Crippen LogP contribution in [0.3, 0.4) is 0 Å². The fourth-order valence-corrected chi connectivity index (χ4v) is 2.52. The Morgan fingerprint density at radius 3 is 2.80 bits per heavy atom. The molecule has 0 saturated heterocycles. The standard InChI is InChI=1S/C9H9N3OS2/c1-5-7(15-6(2)11-5)8(13)12-9-10-3-4-14-9/h3-4H,1-2H3,(H,10,12,13). The summed E-state index contributed by atoms with van der Waals surface area (Å²) in [5.41, 5.74) is 0.770. The third kappa shape index (κ3) is 2.21. The van der Waals surface area contributed by atoms with E-state index in [9.17, 15) is 4.79 Å². The van der Waals surface area contributed by atoms with Gasteiger partial charge in [0.05, 0.1) is 10.7 Å². The number of thiazole rings is 2.